The first-order valence-electron chi connectivity index (χ1n) is 11.8. The number of carboxylic acid groups (broad SMARTS) is 1. The monoisotopic (exact) mass is 477 g/mol. The number of carbonyl (C=O) groups excluding carboxylic acids is 3. The van der Waals surface area contributed by atoms with Crippen molar-refractivity contribution in [2.45, 2.75) is 24.8 Å². The van der Waals surface area contributed by atoms with Crippen LogP contribution in [0.3, 0.4) is 0 Å². The highest BCUT2D eigenvalue weighted by molar-refractivity contribution is 5.89. The van der Waals surface area contributed by atoms with Crippen LogP contribution in [0.1, 0.15) is 29.9 Å². The molecule has 1 heterocycles. The highest BCUT2D eigenvalue weighted by Crippen LogP contribution is 2.44. The van der Waals surface area contributed by atoms with Crippen LogP contribution >= 0.6 is 0 Å². The van der Waals surface area contributed by atoms with Crippen LogP contribution in [0.2, 0.25) is 0 Å². The molecule has 2 aliphatic carbocycles. The van der Waals surface area contributed by atoms with Crippen molar-refractivity contribution in [2.24, 2.45) is 5.92 Å². The molecule has 0 bridgehead atoms. The van der Waals surface area contributed by atoms with Gasteiger partial charge in [0.2, 0.25) is 11.8 Å². The molecule has 9 heteroatoms. The molecule has 2 aromatic carbocycles. The summed E-state index contributed by atoms with van der Waals surface area (Å²) in [5.74, 6) is -1.83. The zero-order valence-corrected chi connectivity index (χ0v) is 19.2. The van der Waals surface area contributed by atoms with Crippen LogP contribution in [0, 0.1) is 5.92 Å². The first kappa shape index (κ1) is 22.9. The van der Waals surface area contributed by atoms with Crippen molar-refractivity contribution in [3.63, 3.8) is 0 Å². The second-order valence-corrected chi connectivity index (χ2v) is 9.30. The van der Waals surface area contributed by atoms with E-state index in [2.05, 4.69) is 29.6 Å². The van der Waals surface area contributed by atoms with Crippen molar-refractivity contribution in [1.29, 1.82) is 0 Å². The van der Waals surface area contributed by atoms with Crippen LogP contribution in [0.25, 0.3) is 11.1 Å². The number of rotatable bonds is 6. The van der Waals surface area contributed by atoms with Gasteiger partial charge in [0.05, 0.1) is 6.54 Å². The predicted octanol–water partition coefficient (Wildman–Crippen LogP) is 2.06. The van der Waals surface area contributed by atoms with Gasteiger partial charge < -0.3 is 25.0 Å². The Kier molecular flexibility index (Phi) is 6.15. The molecule has 2 N–H and O–H groups in total. The van der Waals surface area contributed by atoms with E-state index in [1.54, 1.807) is 0 Å². The lowest BCUT2D eigenvalue weighted by atomic mass is 9.79. The Labute approximate surface area is 202 Å². The van der Waals surface area contributed by atoms with Crippen LogP contribution in [-0.2, 0) is 19.1 Å². The van der Waals surface area contributed by atoms with Gasteiger partial charge in [-0.15, -0.1) is 0 Å². The van der Waals surface area contributed by atoms with Gasteiger partial charge in [-0.25, -0.2) is 4.79 Å². The number of hydrogen-bond donors (Lipinski definition) is 2. The number of amides is 3. The Morgan fingerprint density at radius 2 is 1.60 bits per heavy atom. The van der Waals surface area contributed by atoms with Crippen molar-refractivity contribution in [3.8, 4) is 11.1 Å². The number of alkyl carbamates (subject to hydrolysis) is 1. The average molecular weight is 478 g/mol. The average Bonchev–Trinajstić information content (AvgIpc) is 3.14. The first-order valence-corrected chi connectivity index (χ1v) is 11.8. The molecule has 1 saturated carbocycles. The Balaban J connectivity index is 1.08. The van der Waals surface area contributed by atoms with Gasteiger partial charge in [-0.2, -0.15) is 0 Å². The molecular formula is C26H27N3O6. The summed E-state index contributed by atoms with van der Waals surface area (Å²) in [6, 6.07) is 16.1. The number of nitrogens with one attached hydrogen (secondary N) is 1. The minimum Gasteiger partial charge on any atom is -0.480 e. The van der Waals surface area contributed by atoms with Crippen LogP contribution in [0.4, 0.5) is 4.79 Å². The number of aliphatic carboxylic acids is 1. The van der Waals surface area contributed by atoms with Crippen molar-refractivity contribution < 1.29 is 29.0 Å². The fourth-order valence-electron chi connectivity index (χ4n) is 5.23. The molecule has 1 saturated heterocycles. The summed E-state index contributed by atoms with van der Waals surface area (Å²) in [5, 5.41) is 11.7. The summed E-state index contributed by atoms with van der Waals surface area (Å²) in [7, 11) is 0. The van der Waals surface area contributed by atoms with Gasteiger partial charge in [-0.05, 0) is 35.1 Å². The van der Waals surface area contributed by atoms with Gasteiger partial charge >= 0.3 is 12.1 Å². The minimum atomic E-state index is -1.07. The van der Waals surface area contributed by atoms with Crippen LogP contribution in [0.5, 0.6) is 0 Å². The standard InChI is InChI=1S/C26H27N3O6/c30-23-13-29(10-9-28(23)14-24(31)32)25(33)16-11-17(12-16)27-26(34)35-15-22-20-7-3-1-5-18(20)19-6-2-4-8-21(19)22/h1-8,16-17,22H,9-15H2,(H,27,34)(H,31,32). The van der Waals surface area contributed by atoms with E-state index in [1.807, 2.05) is 24.3 Å². The fraction of sp³-hybridized carbons (Fsp3) is 0.385. The Morgan fingerprint density at radius 3 is 2.20 bits per heavy atom. The van der Waals surface area contributed by atoms with Gasteiger partial charge in [-0.3, -0.25) is 14.4 Å². The number of fused-ring (bicyclic) bond motifs is 3. The van der Waals surface area contributed by atoms with Gasteiger partial charge in [0.25, 0.3) is 0 Å². The SMILES string of the molecule is O=C(O)CN1CCN(C(=O)C2CC(NC(=O)OCC3c4ccccc4-c4ccccc43)C2)CC1=O. The third-order valence-electron chi connectivity index (χ3n) is 7.11. The van der Waals surface area contributed by atoms with E-state index in [0.29, 0.717) is 19.4 Å². The van der Waals surface area contributed by atoms with Crippen LogP contribution in [0.15, 0.2) is 48.5 Å². The number of hydrogen-bond acceptors (Lipinski definition) is 5. The molecule has 3 amide bonds. The molecule has 35 heavy (non-hydrogen) atoms. The fourth-order valence-corrected chi connectivity index (χ4v) is 5.23. The number of carbonyl (C=O) groups is 4. The van der Waals surface area contributed by atoms with Gasteiger partial charge in [-0.1, -0.05) is 48.5 Å². The van der Waals surface area contributed by atoms with E-state index >= 15 is 0 Å². The molecule has 0 spiro atoms. The summed E-state index contributed by atoms with van der Waals surface area (Å²) >= 11 is 0. The molecule has 2 fully saturated rings. The van der Waals surface area contributed by atoms with E-state index in [4.69, 9.17) is 9.84 Å². The molecule has 0 atom stereocenters. The summed E-state index contributed by atoms with van der Waals surface area (Å²) in [6.07, 6.45) is 0.485. The van der Waals surface area contributed by atoms with E-state index < -0.39 is 12.1 Å². The maximum absolute atomic E-state index is 12.7. The summed E-state index contributed by atoms with van der Waals surface area (Å²) < 4.78 is 5.57. The smallest absolute Gasteiger partial charge is 0.407 e. The zero-order chi connectivity index (χ0) is 24.5. The minimum absolute atomic E-state index is 0.0128. The lowest BCUT2D eigenvalue weighted by Gasteiger charge is -2.40. The van der Waals surface area contributed by atoms with Crippen molar-refractivity contribution in [2.75, 3.05) is 32.8 Å². The topological polar surface area (TPSA) is 116 Å². The maximum Gasteiger partial charge on any atom is 0.407 e. The Hall–Kier alpha value is -3.88. The van der Waals surface area contributed by atoms with E-state index in [0.717, 1.165) is 11.1 Å². The summed E-state index contributed by atoms with van der Waals surface area (Å²) in [6.45, 7) is 0.311. The Morgan fingerprint density at radius 1 is 0.971 bits per heavy atom. The third kappa shape index (κ3) is 4.58. The second-order valence-electron chi connectivity index (χ2n) is 9.30. The molecule has 5 rings (SSSR count). The quantitative estimate of drug-likeness (QED) is 0.658. The number of benzene rings is 2. The van der Waals surface area contributed by atoms with Gasteiger partial charge in [0, 0.05) is 31.0 Å². The zero-order valence-electron chi connectivity index (χ0n) is 19.2. The number of nitrogens with zero attached hydrogens (tertiary/aromatic N) is 2. The molecule has 1 aliphatic heterocycles. The predicted molar refractivity (Wildman–Crippen MR) is 126 cm³/mol. The van der Waals surface area contributed by atoms with E-state index in [9.17, 15) is 19.2 Å². The molecule has 9 nitrogen and oxygen atoms in total. The molecule has 0 unspecified atom stereocenters. The normalized spacial score (nSPS) is 21.1. The number of ether oxygens (including phenoxy) is 1. The lowest BCUT2D eigenvalue weighted by molar-refractivity contribution is -0.152. The molecule has 3 aliphatic rings. The van der Waals surface area contributed by atoms with Gasteiger partial charge in [0.15, 0.2) is 0 Å². The lowest BCUT2D eigenvalue weighted by Crippen LogP contribution is -2.57. The second kappa shape index (κ2) is 9.40. The van der Waals surface area contributed by atoms with Crippen molar-refractivity contribution in [1.82, 2.24) is 15.1 Å². The molecular weight excluding hydrogens is 450 g/mol. The van der Waals surface area contributed by atoms with E-state index in [1.165, 1.54) is 20.9 Å². The summed E-state index contributed by atoms with van der Waals surface area (Å²) in [5.41, 5.74) is 4.63. The molecule has 2 aromatic rings. The molecule has 182 valence electrons. The maximum atomic E-state index is 12.7. The van der Waals surface area contributed by atoms with Crippen molar-refractivity contribution >= 4 is 23.9 Å². The van der Waals surface area contributed by atoms with Crippen LogP contribution < -0.4 is 5.32 Å². The first-order chi connectivity index (χ1) is 16.9. The largest absolute Gasteiger partial charge is 0.480 e. The number of carboxylic acids is 1. The van der Waals surface area contributed by atoms with E-state index in [-0.39, 0.29) is 55.9 Å². The van der Waals surface area contributed by atoms with Crippen molar-refractivity contribution in [3.05, 3.63) is 59.7 Å². The third-order valence-corrected chi connectivity index (χ3v) is 7.11. The highest BCUT2D eigenvalue weighted by Gasteiger charge is 2.40. The summed E-state index contributed by atoms with van der Waals surface area (Å²) in [4.78, 5) is 50.8. The van der Waals surface area contributed by atoms with Crippen LogP contribution in [-0.4, -0.2) is 77.6 Å². The van der Waals surface area contributed by atoms with Gasteiger partial charge in [0.1, 0.15) is 13.2 Å². The molecule has 0 aromatic heterocycles. The highest BCUT2D eigenvalue weighted by atomic mass is 16.5. The molecule has 0 radical (unpaired) electrons. The number of piperazine rings is 1. The Bertz CT molecular complexity index is 1130.